The minimum Gasteiger partial charge on any atom is -0.273 e. The van der Waals surface area contributed by atoms with Crippen LogP contribution in [0.25, 0.3) is 0 Å². The number of hydrazine groups is 1. The van der Waals surface area contributed by atoms with E-state index in [2.05, 4.69) is 16.9 Å². The molecule has 1 aliphatic carbocycles. The van der Waals surface area contributed by atoms with E-state index in [0.29, 0.717) is 13.1 Å². The van der Waals surface area contributed by atoms with Gasteiger partial charge in [0.05, 0.1) is 10.8 Å². The number of nitrogens with one attached hydrogen (secondary N) is 2. The van der Waals surface area contributed by atoms with E-state index in [1.807, 2.05) is 27.7 Å². The molecule has 29 heavy (non-hydrogen) atoms. The van der Waals surface area contributed by atoms with Gasteiger partial charge in [-0.15, -0.1) is 0 Å². The molecule has 0 saturated heterocycles. The van der Waals surface area contributed by atoms with E-state index in [1.54, 1.807) is 13.8 Å². The standard InChI is InChI=1S/C21H31N3O4S/c1-7-24(8-2)29(27,28)16-11-9-10-15(13-16)19(25)22-23-20(26)18-17(12-14(3)4)21(18,5)6/h9-13,17-18H,7-8H2,1-6H3,(H,22,25)(H,23,26)/t17-,18+/m1/s1. The lowest BCUT2D eigenvalue weighted by Gasteiger charge is -2.18. The second-order valence-corrected chi connectivity index (χ2v) is 10.1. The van der Waals surface area contributed by atoms with E-state index in [0.717, 1.165) is 5.57 Å². The zero-order valence-corrected chi connectivity index (χ0v) is 18.8. The van der Waals surface area contributed by atoms with Gasteiger partial charge in [-0.05, 0) is 43.4 Å². The fourth-order valence-corrected chi connectivity index (χ4v) is 5.13. The zero-order valence-electron chi connectivity index (χ0n) is 17.9. The first-order chi connectivity index (χ1) is 13.5. The third-order valence-corrected chi connectivity index (χ3v) is 7.49. The summed E-state index contributed by atoms with van der Waals surface area (Å²) in [4.78, 5) is 25.0. The lowest BCUT2D eigenvalue weighted by atomic mass is 10.1. The highest BCUT2D eigenvalue weighted by Crippen LogP contribution is 2.59. The van der Waals surface area contributed by atoms with Gasteiger partial charge in [-0.1, -0.05) is 45.4 Å². The van der Waals surface area contributed by atoms with E-state index in [4.69, 9.17) is 0 Å². The Labute approximate surface area is 173 Å². The van der Waals surface area contributed by atoms with Crippen LogP contribution in [-0.4, -0.2) is 37.6 Å². The van der Waals surface area contributed by atoms with Crippen LogP contribution >= 0.6 is 0 Å². The molecular formula is C21H31N3O4S. The van der Waals surface area contributed by atoms with Gasteiger partial charge in [-0.2, -0.15) is 4.31 Å². The Balaban J connectivity index is 2.07. The van der Waals surface area contributed by atoms with Crippen LogP contribution < -0.4 is 10.9 Å². The SMILES string of the molecule is CCN(CC)S(=O)(=O)c1cccc(C(=O)NNC(=O)[C@@H]2[C@@H](C=C(C)C)C2(C)C)c1. The Hall–Kier alpha value is -2.19. The van der Waals surface area contributed by atoms with Crippen LogP contribution in [0.2, 0.25) is 0 Å². The molecule has 0 aliphatic heterocycles. The predicted molar refractivity (Wildman–Crippen MR) is 112 cm³/mol. The Morgan fingerprint density at radius 1 is 1.14 bits per heavy atom. The second kappa shape index (κ2) is 8.67. The van der Waals surface area contributed by atoms with Crippen molar-refractivity contribution in [3.8, 4) is 0 Å². The number of carbonyl (C=O) groups is 2. The second-order valence-electron chi connectivity index (χ2n) is 8.13. The summed E-state index contributed by atoms with van der Waals surface area (Å²) in [5.74, 6) is -0.899. The van der Waals surface area contributed by atoms with Crippen LogP contribution in [-0.2, 0) is 14.8 Å². The van der Waals surface area contributed by atoms with Crippen LogP contribution in [0.5, 0.6) is 0 Å². The van der Waals surface area contributed by atoms with E-state index < -0.39 is 15.9 Å². The first-order valence-corrected chi connectivity index (χ1v) is 11.3. The van der Waals surface area contributed by atoms with Gasteiger partial charge in [0.15, 0.2) is 0 Å². The van der Waals surface area contributed by atoms with Crippen LogP contribution in [0.15, 0.2) is 40.8 Å². The first-order valence-electron chi connectivity index (χ1n) is 9.82. The van der Waals surface area contributed by atoms with Gasteiger partial charge in [-0.25, -0.2) is 8.42 Å². The van der Waals surface area contributed by atoms with Crippen molar-refractivity contribution in [3.05, 3.63) is 41.5 Å². The largest absolute Gasteiger partial charge is 0.273 e. The molecule has 2 N–H and O–H groups in total. The average molecular weight is 422 g/mol. The van der Waals surface area contributed by atoms with Gasteiger partial charge in [0.1, 0.15) is 0 Å². The van der Waals surface area contributed by atoms with Crippen molar-refractivity contribution < 1.29 is 18.0 Å². The molecule has 1 saturated carbocycles. The summed E-state index contributed by atoms with van der Waals surface area (Å²) in [7, 11) is -3.67. The van der Waals surface area contributed by atoms with Gasteiger partial charge >= 0.3 is 0 Å². The summed E-state index contributed by atoms with van der Waals surface area (Å²) in [6.07, 6.45) is 2.08. The quantitative estimate of drug-likeness (QED) is 0.523. The number of benzene rings is 1. The lowest BCUT2D eigenvalue weighted by molar-refractivity contribution is -0.123. The molecule has 1 aliphatic rings. The Bertz CT molecular complexity index is 914. The third kappa shape index (κ3) is 4.87. The Morgan fingerprint density at radius 2 is 1.76 bits per heavy atom. The highest BCUT2D eigenvalue weighted by atomic mass is 32.2. The van der Waals surface area contributed by atoms with Crippen molar-refractivity contribution in [1.82, 2.24) is 15.2 Å². The van der Waals surface area contributed by atoms with E-state index >= 15 is 0 Å². The maximum Gasteiger partial charge on any atom is 0.269 e. The molecule has 0 heterocycles. The minimum absolute atomic E-state index is 0.0483. The van der Waals surface area contributed by atoms with Gasteiger partial charge < -0.3 is 0 Å². The molecule has 8 heteroatoms. The Kier molecular flexibility index (Phi) is 6.90. The number of hydrogen-bond acceptors (Lipinski definition) is 4. The molecule has 0 aromatic heterocycles. The predicted octanol–water partition coefficient (Wildman–Crippen LogP) is 2.72. The number of carbonyl (C=O) groups excluding carboxylic acids is 2. The molecule has 1 aromatic carbocycles. The lowest BCUT2D eigenvalue weighted by Crippen LogP contribution is -2.43. The van der Waals surface area contributed by atoms with Crippen molar-refractivity contribution in [2.45, 2.75) is 46.4 Å². The summed E-state index contributed by atoms with van der Waals surface area (Å²) < 4.78 is 26.6. The van der Waals surface area contributed by atoms with Crippen molar-refractivity contribution in [2.75, 3.05) is 13.1 Å². The van der Waals surface area contributed by atoms with Crippen molar-refractivity contribution in [3.63, 3.8) is 0 Å². The maximum atomic E-state index is 12.6. The first kappa shape index (κ1) is 23.1. The Morgan fingerprint density at radius 3 is 2.31 bits per heavy atom. The van der Waals surface area contributed by atoms with Gasteiger partial charge in [0.2, 0.25) is 15.9 Å². The molecule has 0 unspecified atom stereocenters. The molecule has 1 fully saturated rings. The smallest absolute Gasteiger partial charge is 0.269 e. The number of sulfonamides is 1. The fraction of sp³-hybridized carbons (Fsp3) is 0.524. The van der Waals surface area contributed by atoms with Gasteiger partial charge in [0.25, 0.3) is 5.91 Å². The molecule has 1 aromatic rings. The summed E-state index contributed by atoms with van der Waals surface area (Å²) in [5, 5.41) is 0. The maximum absolute atomic E-state index is 12.6. The molecule has 2 amide bonds. The third-order valence-electron chi connectivity index (χ3n) is 5.44. The highest BCUT2D eigenvalue weighted by Gasteiger charge is 2.60. The monoisotopic (exact) mass is 421 g/mol. The minimum atomic E-state index is -3.67. The topological polar surface area (TPSA) is 95.6 Å². The van der Waals surface area contributed by atoms with Crippen LogP contribution in [0.1, 0.15) is 51.9 Å². The van der Waals surface area contributed by atoms with E-state index in [9.17, 15) is 18.0 Å². The summed E-state index contributed by atoms with van der Waals surface area (Å²) >= 11 is 0. The van der Waals surface area contributed by atoms with E-state index in [-0.39, 0.29) is 33.6 Å². The molecule has 0 radical (unpaired) electrons. The van der Waals surface area contributed by atoms with Gasteiger partial charge in [0, 0.05) is 18.7 Å². The normalized spacial score (nSPS) is 20.1. The summed E-state index contributed by atoms with van der Waals surface area (Å²) in [5.41, 5.74) is 6.02. The molecule has 2 rings (SSSR count). The number of hydrogen-bond donors (Lipinski definition) is 2. The molecule has 0 bridgehead atoms. The zero-order chi connectivity index (χ0) is 22.0. The van der Waals surface area contributed by atoms with Crippen molar-refractivity contribution >= 4 is 21.8 Å². The number of nitrogens with zero attached hydrogens (tertiary/aromatic N) is 1. The molecule has 160 valence electrons. The molecular weight excluding hydrogens is 390 g/mol. The van der Waals surface area contributed by atoms with Crippen molar-refractivity contribution in [2.24, 2.45) is 17.3 Å². The fourth-order valence-electron chi connectivity index (χ4n) is 3.63. The molecule has 7 nitrogen and oxygen atoms in total. The number of rotatable bonds is 7. The number of amides is 2. The van der Waals surface area contributed by atoms with Crippen LogP contribution in [0, 0.1) is 17.3 Å². The average Bonchev–Trinajstić information content (AvgIpc) is 3.19. The molecule has 2 atom stereocenters. The van der Waals surface area contributed by atoms with Crippen molar-refractivity contribution in [1.29, 1.82) is 0 Å². The summed E-state index contributed by atoms with van der Waals surface area (Å²) in [6.45, 7) is 12.2. The van der Waals surface area contributed by atoms with Crippen LogP contribution in [0.3, 0.4) is 0 Å². The number of allylic oxidation sites excluding steroid dienone is 2. The van der Waals surface area contributed by atoms with Gasteiger partial charge in [-0.3, -0.25) is 20.4 Å². The molecule has 0 spiro atoms. The van der Waals surface area contributed by atoms with Crippen LogP contribution in [0.4, 0.5) is 0 Å². The van der Waals surface area contributed by atoms with E-state index in [1.165, 1.54) is 28.6 Å². The summed E-state index contributed by atoms with van der Waals surface area (Å²) in [6, 6.07) is 5.81. The highest BCUT2D eigenvalue weighted by molar-refractivity contribution is 7.89.